The van der Waals surface area contributed by atoms with E-state index in [-0.39, 0.29) is 0 Å². The van der Waals surface area contributed by atoms with Gasteiger partial charge in [0, 0.05) is 30.7 Å². The highest BCUT2D eigenvalue weighted by Gasteiger charge is 2.16. The lowest BCUT2D eigenvalue weighted by Gasteiger charge is -2.31. The topological polar surface area (TPSA) is 15.7 Å². The molecule has 0 aliphatic carbocycles. The molecule has 1 fully saturated rings. The molecule has 1 aromatic rings. The van der Waals surface area contributed by atoms with Crippen molar-refractivity contribution in [2.24, 2.45) is 0 Å². The summed E-state index contributed by atoms with van der Waals surface area (Å²) < 4.78 is 6.59. The minimum atomic E-state index is 0.909. The quantitative estimate of drug-likeness (QED) is 0.838. The zero-order valence-electron chi connectivity index (χ0n) is 12.0. The minimum absolute atomic E-state index is 0.909. The van der Waals surface area contributed by atoms with Crippen molar-refractivity contribution in [2.45, 2.75) is 19.4 Å². The first-order chi connectivity index (χ1) is 9.81. The van der Waals surface area contributed by atoms with Crippen molar-refractivity contribution in [2.75, 3.05) is 45.9 Å². The number of morpholine rings is 1. The second-order valence-corrected chi connectivity index (χ2v) is 6.66. The summed E-state index contributed by atoms with van der Waals surface area (Å²) in [5.74, 6) is 0. The van der Waals surface area contributed by atoms with E-state index in [0.717, 1.165) is 32.8 Å². The molecule has 4 heteroatoms. The maximum atomic E-state index is 5.39. The van der Waals surface area contributed by atoms with E-state index >= 15 is 0 Å². The maximum absolute atomic E-state index is 5.39. The molecule has 0 amide bonds. The summed E-state index contributed by atoms with van der Waals surface area (Å²) in [5, 5.41) is 0. The van der Waals surface area contributed by atoms with Crippen molar-refractivity contribution in [3.05, 3.63) is 33.8 Å². The fourth-order valence-corrected chi connectivity index (χ4v) is 3.52. The Morgan fingerprint density at radius 1 is 1.00 bits per heavy atom. The average molecular weight is 339 g/mol. The van der Waals surface area contributed by atoms with Crippen molar-refractivity contribution in [1.82, 2.24) is 9.80 Å². The Bertz CT molecular complexity index is 446. The summed E-state index contributed by atoms with van der Waals surface area (Å²) in [7, 11) is 0. The summed E-state index contributed by atoms with van der Waals surface area (Å²) in [6.45, 7) is 8.78. The lowest BCUT2D eigenvalue weighted by atomic mass is 10.00. The fraction of sp³-hybridized carbons (Fsp3) is 0.625. The Hall–Kier alpha value is -0.420. The Morgan fingerprint density at radius 3 is 2.65 bits per heavy atom. The third kappa shape index (κ3) is 3.82. The van der Waals surface area contributed by atoms with E-state index in [4.69, 9.17) is 4.74 Å². The Morgan fingerprint density at radius 2 is 1.80 bits per heavy atom. The zero-order valence-corrected chi connectivity index (χ0v) is 13.6. The summed E-state index contributed by atoms with van der Waals surface area (Å²) in [6, 6.07) is 6.71. The van der Waals surface area contributed by atoms with Gasteiger partial charge in [0.25, 0.3) is 0 Å². The summed E-state index contributed by atoms with van der Waals surface area (Å²) in [6.07, 6.45) is 2.46. The molecule has 110 valence electrons. The molecule has 0 unspecified atom stereocenters. The van der Waals surface area contributed by atoms with E-state index in [1.54, 1.807) is 0 Å². The molecule has 20 heavy (non-hydrogen) atoms. The highest BCUT2D eigenvalue weighted by molar-refractivity contribution is 9.10. The van der Waals surface area contributed by atoms with Crippen LogP contribution in [0.2, 0.25) is 0 Å². The van der Waals surface area contributed by atoms with Crippen LogP contribution < -0.4 is 0 Å². The van der Waals surface area contributed by atoms with E-state index in [1.165, 1.54) is 48.1 Å². The predicted molar refractivity (Wildman–Crippen MR) is 85.0 cm³/mol. The number of rotatable bonds is 4. The molecule has 2 heterocycles. The highest BCUT2D eigenvalue weighted by Crippen LogP contribution is 2.22. The number of benzene rings is 1. The number of fused-ring (bicyclic) bond motifs is 1. The van der Waals surface area contributed by atoms with Crippen LogP contribution in [-0.2, 0) is 17.7 Å². The van der Waals surface area contributed by atoms with Crippen LogP contribution in [-0.4, -0.2) is 55.7 Å². The Labute approximate surface area is 130 Å². The SMILES string of the molecule is Brc1ccc2c(c1)CCN(CCCN1CCOCC1)C2. The van der Waals surface area contributed by atoms with E-state index < -0.39 is 0 Å². The molecule has 0 bridgehead atoms. The van der Waals surface area contributed by atoms with Gasteiger partial charge in [-0.3, -0.25) is 9.80 Å². The highest BCUT2D eigenvalue weighted by atomic mass is 79.9. The fourth-order valence-electron chi connectivity index (χ4n) is 3.11. The van der Waals surface area contributed by atoms with Crippen LogP contribution in [0.15, 0.2) is 22.7 Å². The van der Waals surface area contributed by atoms with Gasteiger partial charge in [0.1, 0.15) is 0 Å². The molecule has 2 aliphatic heterocycles. The first-order valence-corrected chi connectivity index (χ1v) is 8.40. The first-order valence-electron chi connectivity index (χ1n) is 7.61. The number of ether oxygens (including phenoxy) is 1. The van der Waals surface area contributed by atoms with Crippen LogP contribution in [0.3, 0.4) is 0 Å². The first kappa shape index (κ1) is 14.5. The second kappa shape index (κ2) is 7.03. The third-order valence-corrected chi connectivity index (χ3v) is 4.81. The van der Waals surface area contributed by atoms with Crippen molar-refractivity contribution >= 4 is 15.9 Å². The van der Waals surface area contributed by atoms with Crippen LogP contribution in [0.25, 0.3) is 0 Å². The molecule has 0 spiro atoms. The van der Waals surface area contributed by atoms with E-state index in [0.29, 0.717) is 0 Å². The van der Waals surface area contributed by atoms with E-state index in [1.807, 2.05) is 0 Å². The van der Waals surface area contributed by atoms with Crippen LogP contribution >= 0.6 is 15.9 Å². The van der Waals surface area contributed by atoms with Gasteiger partial charge in [0.15, 0.2) is 0 Å². The molecule has 0 aromatic heterocycles. The average Bonchev–Trinajstić information content (AvgIpc) is 2.48. The normalized spacial score (nSPS) is 20.9. The Balaban J connectivity index is 1.44. The molecule has 0 radical (unpaired) electrons. The van der Waals surface area contributed by atoms with Gasteiger partial charge in [0.2, 0.25) is 0 Å². The number of hydrogen-bond donors (Lipinski definition) is 0. The van der Waals surface area contributed by atoms with Crippen LogP contribution in [0.1, 0.15) is 17.5 Å². The lowest BCUT2D eigenvalue weighted by molar-refractivity contribution is 0.0359. The molecular weight excluding hydrogens is 316 g/mol. The molecular formula is C16H23BrN2O. The summed E-state index contributed by atoms with van der Waals surface area (Å²) in [4.78, 5) is 5.12. The summed E-state index contributed by atoms with van der Waals surface area (Å²) in [5.41, 5.74) is 3.02. The van der Waals surface area contributed by atoms with Gasteiger partial charge in [-0.1, -0.05) is 22.0 Å². The zero-order chi connectivity index (χ0) is 13.8. The molecule has 2 aliphatic rings. The van der Waals surface area contributed by atoms with Gasteiger partial charge in [0.05, 0.1) is 13.2 Å². The molecule has 3 nitrogen and oxygen atoms in total. The standard InChI is InChI=1S/C16H23BrN2O/c17-16-3-2-15-13-19(7-4-14(15)12-16)6-1-5-18-8-10-20-11-9-18/h2-3,12H,1,4-11,13H2. The molecule has 1 saturated heterocycles. The maximum Gasteiger partial charge on any atom is 0.0594 e. The molecule has 0 saturated carbocycles. The van der Waals surface area contributed by atoms with Crippen LogP contribution in [0, 0.1) is 0 Å². The molecule has 3 rings (SSSR count). The number of halogens is 1. The van der Waals surface area contributed by atoms with Gasteiger partial charge in [-0.25, -0.2) is 0 Å². The van der Waals surface area contributed by atoms with Crippen molar-refractivity contribution < 1.29 is 4.74 Å². The third-order valence-electron chi connectivity index (χ3n) is 4.31. The van der Waals surface area contributed by atoms with Gasteiger partial charge < -0.3 is 4.74 Å². The second-order valence-electron chi connectivity index (χ2n) is 5.75. The monoisotopic (exact) mass is 338 g/mol. The van der Waals surface area contributed by atoms with Crippen molar-refractivity contribution in [1.29, 1.82) is 0 Å². The minimum Gasteiger partial charge on any atom is -0.379 e. The number of nitrogens with zero attached hydrogens (tertiary/aromatic N) is 2. The largest absolute Gasteiger partial charge is 0.379 e. The Kier molecular flexibility index (Phi) is 5.10. The smallest absolute Gasteiger partial charge is 0.0594 e. The number of hydrogen-bond acceptors (Lipinski definition) is 3. The van der Waals surface area contributed by atoms with E-state index in [9.17, 15) is 0 Å². The van der Waals surface area contributed by atoms with Gasteiger partial charge >= 0.3 is 0 Å². The van der Waals surface area contributed by atoms with Crippen molar-refractivity contribution in [3.8, 4) is 0 Å². The summed E-state index contributed by atoms with van der Waals surface area (Å²) >= 11 is 3.56. The predicted octanol–water partition coefficient (Wildman–Crippen LogP) is 2.53. The van der Waals surface area contributed by atoms with Gasteiger partial charge in [-0.15, -0.1) is 0 Å². The lowest BCUT2D eigenvalue weighted by Crippen LogP contribution is -2.38. The van der Waals surface area contributed by atoms with Gasteiger partial charge in [-0.2, -0.15) is 0 Å². The molecule has 0 atom stereocenters. The van der Waals surface area contributed by atoms with Gasteiger partial charge in [-0.05, 0) is 49.2 Å². The van der Waals surface area contributed by atoms with Crippen LogP contribution in [0.5, 0.6) is 0 Å². The van der Waals surface area contributed by atoms with E-state index in [2.05, 4.69) is 43.9 Å². The van der Waals surface area contributed by atoms with Crippen LogP contribution in [0.4, 0.5) is 0 Å². The van der Waals surface area contributed by atoms with Crippen molar-refractivity contribution in [3.63, 3.8) is 0 Å². The molecule has 1 aromatic carbocycles. The molecule has 0 N–H and O–H groups in total.